The van der Waals surface area contributed by atoms with Gasteiger partial charge in [0.1, 0.15) is 24.8 Å². The van der Waals surface area contributed by atoms with Crippen LogP contribution in [0.4, 0.5) is 11.4 Å². The zero-order valence-electron chi connectivity index (χ0n) is 11.9. The third kappa shape index (κ3) is 3.08. The van der Waals surface area contributed by atoms with Crippen LogP contribution in [0.25, 0.3) is 0 Å². The lowest BCUT2D eigenvalue weighted by Crippen LogP contribution is -2.20. The fraction of sp³-hybridized carbons (Fsp3) is 0.385. The average molecular weight is 302 g/mol. The van der Waals surface area contributed by atoms with E-state index in [-0.39, 0.29) is 18.1 Å². The van der Waals surface area contributed by atoms with Crippen LogP contribution >= 0.6 is 0 Å². The Kier molecular flexibility index (Phi) is 3.53. The molecular formula is C13H14N6O3. The highest BCUT2D eigenvalue weighted by Crippen LogP contribution is 2.42. The van der Waals surface area contributed by atoms with Gasteiger partial charge in [0.05, 0.1) is 22.5 Å². The normalized spacial score (nSPS) is 13.9. The van der Waals surface area contributed by atoms with Crippen molar-refractivity contribution in [3.8, 4) is 0 Å². The number of anilines is 1. The van der Waals surface area contributed by atoms with Crippen LogP contribution in [0.15, 0.2) is 18.6 Å². The number of nitrogens with one attached hydrogen (secondary N) is 1. The molecule has 0 unspecified atom stereocenters. The van der Waals surface area contributed by atoms with Crippen LogP contribution in [-0.4, -0.2) is 30.6 Å². The molecule has 1 saturated carbocycles. The number of carbonyl (C=O) groups is 1. The summed E-state index contributed by atoms with van der Waals surface area (Å²) >= 11 is 0. The molecule has 9 heteroatoms. The van der Waals surface area contributed by atoms with E-state index < -0.39 is 4.92 Å². The lowest BCUT2D eigenvalue weighted by atomic mass is 10.2. The minimum atomic E-state index is -0.555. The Balaban J connectivity index is 1.70. The number of aryl methyl sites for hydroxylation is 1. The van der Waals surface area contributed by atoms with Crippen molar-refractivity contribution in [3.05, 3.63) is 40.2 Å². The molecular weight excluding hydrogens is 288 g/mol. The van der Waals surface area contributed by atoms with Crippen LogP contribution in [0.3, 0.4) is 0 Å². The van der Waals surface area contributed by atoms with Crippen molar-refractivity contribution in [3.63, 3.8) is 0 Å². The second-order valence-electron chi connectivity index (χ2n) is 5.19. The van der Waals surface area contributed by atoms with Crippen LogP contribution in [0.1, 0.15) is 30.3 Å². The zero-order chi connectivity index (χ0) is 15.7. The zero-order valence-corrected chi connectivity index (χ0v) is 11.9. The van der Waals surface area contributed by atoms with Gasteiger partial charge >= 0.3 is 5.69 Å². The molecule has 2 aromatic heterocycles. The molecule has 2 heterocycles. The highest BCUT2D eigenvalue weighted by molar-refractivity contribution is 5.91. The van der Waals surface area contributed by atoms with Crippen molar-refractivity contribution in [1.82, 2.24) is 19.7 Å². The van der Waals surface area contributed by atoms with Crippen molar-refractivity contribution < 1.29 is 9.72 Å². The maximum atomic E-state index is 12.0. The van der Waals surface area contributed by atoms with E-state index in [1.165, 1.54) is 10.9 Å². The fourth-order valence-electron chi connectivity index (χ4n) is 2.12. The summed E-state index contributed by atoms with van der Waals surface area (Å²) in [5.41, 5.74) is 1.30. The number of rotatable bonds is 5. The lowest BCUT2D eigenvalue weighted by molar-refractivity contribution is -0.385. The molecule has 2 aromatic rings. The Labute approximate surface area is 125 Å². The van der Waals surface area contributed by atoms with Crippen molar-refractivity contribution >= 4 is 17.3 Å². The third-order valence-electron chi connectivity index (χ3n) is 3.31. The predicted molar refractivity (Wildman–Crippen MR) is 76.3 cm³/mol. The van der Waals surface area contributed by atoms with E-state index >= 15 is 0 Å². The van der Waals surface area contributed by atoms with E-state index in [1.54, 1.807) is 13.1 Å². The Morgan fingerprint density at radius 3 is 2.91 bits per heavy atom. The molecule has 3 rings (SSSR count). The van der Waals surface area contributed by atoms with Gasteiger partial charge in [-0.05, 0) is 19.8 Å². The highest BCUT2D eigenvalue weighted by atomic mass is 16.6. The molecule has 9 nitrogen and oxygen atoms in total. The van der Waals surface area contributed by atoms with E-state index in [0.29, 0.717) is 17.4 Å². The van der Waals surface area contributed by atoms with Crippen molar-refractivity contribution in [1.29, 1.82) is 0 Å². The molecule has 0 aromatic carbocycles. The maximum Gasteiger partial charge on any atom is 0.307 e. The molecule has 0 saturated heterocycles. The number of hydrogen-bond acceptors (Lipinski definition) is 6. The molecule has 22 heavy (non-hydrogen) atoms. The molecule has 0 bridgehead atoms. The van der Waals surface area contributed by atoms with Crippen LogP contribution in [-0.2, 0) is 11.3 Å². The molecule has 0 atom stereocenters. The first-order chi connectivity index (χ1) is 10.5. The molecule has 1 aliphatic rings. The predicted octanol–water partition coefficient (Wildman–Crippen LogP) is 1.41. The largest absolute Gasteiger partial charge is 0.322 e. The quantitative estimate of drug-likeness (QED) is 0.659. The molecule has 1 amide bonds. The number of hydrogen-bond donors (Lipinski definition) is 1. The van der Waals surface area contributed by atoms with Crippen LogP contribution in [0.2, 0.25) is 0 Å². The van der Waals surface area contributed by atoms with E-state index in [0.717, 1.165) is 24.7 Å². The SMILES string of the molecule is Cc1ncc(NC(=O)Cn2cc([N+](=O)[O-])cn2)c(C2CC2)n1. The van der Waals surface area contributed by atoms with Crippen LogP contribution in [0.5, 0.6) is 0 Å². The second-order valence-corrected chi connectivity index (χ2v) is 5.19. The van der Waals surface area contributed by atoms with Gasteiger partial charge in [0, 0.05) is 5.92 Å². The summed E-state index contributed by atoms with van der Waals surface area (Å²) in [5.74, 6) is 0.720. The van der Waals surface area contributed by atoms with Crippen LogP contribution < -0.4 is 5.32 Å². The molecule has 1 aliphatic carbocycles. The minimum Gasteiger partial charge on any atom is -0.322 e. The van der Waals surface area contributed by atoms with Gasteiger partial charge in [-0.15, -0.1) is 0 Å². The minimum absolute atomic E-state index is 0.105. The fourth-order valence-corrected chi connectivity index (χ4v) is 2.12. The standard InChI is InChI=1S/C13H14N6O3/c1-8-14-5-11(13(16-8)9-2-3-9)17-12(20)7-18-6-10(4-15-18)19(21)22/h4-6,9H,2-3,7H2,1H3,(H,17,20). The smallest absolute Gasteiger partial charge is 0.307 e. The average Bonchev–Trinajstić information content (AvgIpc) is 3.20. The molecule has 1 N–H and O–H groups in total. The first kappa shape index (κ1) is 14.1. The number of nitro groups is 1. The van der Waals surface area contributed by atoms with Gasteiger partial charge in [-0.2, -0.15) is 5.10 Å². The lowest BCUT2D eigenvalue weighted by Gasteiger charge is -2.09. The van der Waals surface area contributed by atoms with Crippen LogP contribution in [0, 0.1) is 17.0 Å². The molecule has 1 fully saturated rings. The highest BCUT2D eigenvalue weighted by Gasteiger charge is 2.28. The third-order valence-corrected chi connectivity index (χ3v) is 3.31. The molecule has 0 radical (unpaired) electrons. The molecule has 0 aliphatic heterocycles. The van der Waals surface area contributed by atoms with Gasteiger partial charge in [-0.1, -0.05) is 0 Å². The summed E-state index contributed by atoms with van der Waals surface area (Å²) in [4.78, 5) is 30.6. The van der Waals surface area contributed by atoms with Gasteiger partial charge in [0.2, 0.25) is 5.91 Å². The summed E-state index contributed by atoms with van der Waals surface area (Å²) in [7, 11) is 0. The van der Waals surface area contributed by atoms with Crippen molar-refractivity contribution in [2.45, 2.75) is 32.2 Å². The van der Waals surface area contributed by atoms with Crippen molar-refractivity contribution in [2.24, 2.45) is 0 Å². The van der Waals surface area contributed by atoms with Gasteiger partial charge in [-0.3, -0.25) is 19.6 Å². The molecule has 114 valence electrons. The second kappa shape index (κ2) is 5.51. The Morgan fingerprint density at radius 1 is 1.50 bits per heavy atom. The Morgan fingerprint density at radius 2 is 2.27 bits per heavy atom. The first-order valence-electron chi connectivity index (χ1n) is 6.83. The topological polar surface area (TPSA) is 116 Å². The summed E-state index contributed by atoms with van der Waals surface area (Å²) in [6.45, 7) is 1.70. The summed E-state index contributed by atoms with van der Waals surface area (Å²) in [6, 6.07) is 0. The van der Waals surface area contributed by atoms with E-state index in [1.807, 2.05) is 0 Å². The van der Waals surface area contributed by atoms with Gasteiger partial charge in [-0.25, -0.2) is 9.97 Å². The monoisotopic (exact) mass is 302 g/mol. The van der Waals surface area contributed by atoms with Crippen molar-refractivity contribution in [2.75, 3.05) is 5.32 Å². The summed E-state index contributed by atoms with van der Waals surface area (Å²) < 4.78 is 1.22. The van der Waals surface area contributed by atoms with E-state index in [2.05, 4.69) is 20.4 Å². The first-order valence-corrected chi connectivity index (χ1v) is 6.83. The van der Waals surface area contributed by atoms with Gasteiger partial charge < -0.3 is 5.32 Å². The number of carbonyl (C=O) groups excluding carboxylic acids is 1. The summed E-state index contributed by atoms with van der Waals surface area (Å²) in [6.07, 6.45) is 6.04. The number of aromatic nitrogens is 4. The molecule has 0 spiro atoms. The van der Waals surface area contributed by atoms with Gasteiger partial charge in [0.25, 0.3) is 0 Å². The number of amides is 1. The summed E-state index contributed by atoms with van der Waals surface area (Å²) in [5, 5.41) is 17.1. The maximum absolute atomic E-state index is 12.0. The van der Waals surface area contributed by atoms with E-state index in [4.69, 9.17) is 0 Å². The Hall–Kier alpha value is -2.84. The Bertz CT molecular complexity index is 737. The number of nitrogens with zero attached hydrogens (tertiary/aromatic N) is 5. The van der Waals surface area contributed by atoms with Gasteiger partial charge in [0.15, 0.2) is 0 Å². The van der Waals surface area contributed by atoms with E-state index in [9.17, 15) is 14.9 Å².